The molecule has 0 heterocycles. The van der Waals surface area contributed by atoms with Crippen LogP contribution in [-0.2, 0) is 14.3 Å². The van der Waals surface area contributed by atoms with Crippen molar-refractivity contribution in [2.45, 2.75) is 25.4 Å². The number of carbonyl (C=O) groups is 2. The number of carbonyl (C=O) groups excluding carboxylic acids is 2. The van der Waals surface area contributed by atoms with E-state index in [2.05, 4.69) is 4.74 Å². The number of ether oxygens (including phenoxy) is 1. The van der Waals surface area contributed by atoms with Gasteiger partial charge in [0.2, 0.25) is 5.78 Å². The molecule has 0 rings (SSSR count). The number of ketones is 1. The van der Waals surface area contributed by atoms with Crippen molar-refractivity contribution in [2.24, 2.45) is 0 Å². The van der Waals surface area contributed by atoms with Crippen LogP contribution in [0.15, 0.2) is 0 Å². The van der Waals surface area contributed by atoms with Gasteiger partial charge in [-0.2, -0.15) is 26.3 Å². The van der Waals surface area contributed by atoms with Gasteiger partial charge >= 0.3 is 18.3 Å². The first-order chi connectivity index (χ1) is 6.46. The molecule has 0 saturated carbocycles. The molecule has 0 aromatic heterocycles. The van der Waals surface area contributed by atoms with Crippen molar-refractivity contribution < 1.29 is 40.7 Å². The average Bonchev–Trinajstić information content (AvgIpc) is 1.94. The smallest absolute Gasteiger partial charge is 0.434 e. The Morgan fingerprint density at radius 3 is 1.53 bits per heavy atom. The summed E-state index contributed by atoms with van der Waals surface area (Å²) >= 11 is 0. The molecule has 0 radical (unpaired) electrons. The Labute approximate surface area is 79.0 Å². The monoisotopic (exact) mass is 238 g/mol. The van der Waals surface area contributed by atoms with Gasteiger partial charge in [-0.05, 0) is 0 Å². The van der Waals surface area contributed by atoms with Crippen LogP contribution in [0, 0.1) is 0 Å². The number of halogens is 6. The third kappa shape index (κ3) is 4.17. The van der Waals surface area contributed by atoms with Crippen LogP contribution in [0.3, 0.4) is 0 Å². The minimum absolute atomic E-state index is 0.492. The minimum atomic E-state index is -5.80. The van der Waals surface area contributed by atoms with Gasteiger partial charge in [-0.25, -0.2) is 4.79 Å². The van der Waals surface area contributed by atoms with Crippen LogP contribution in [0.5, 0.6) is 0 Å². The molecule has 15 heavy (non-hydrogen) atoms. The fraction of sp³-hybridized carbons (Fsp3) is 0.667. The van der Waals surface area contributed by atoms with Gasteiger partial charge in [-0.1, -0.05) is 0 Å². The molecule has 0 atom stereocenters. The summed E-state index contributed by atoms with van der Waals surface area (Å²) in [7, 11) is 0. The van der Waals surface area contributed by atoms with Crippen molar-refractivity contribution in [1.82, 2.24) is 0 Å². The van der Waals surface area contributed by atoms with Crippen LogP contribution in [0.4, 0.5) is 26.3 Å². The highest BCUT2D eigenvalue weighted by Crippen LogP contribution is 2.35. The molecule has 0 unspecified atom stereocenters. The number of rotatable bonds is 2. The molecule has 0 aromatic carbocycles. The summed E-state index contributed by atoms with van der Waals surface area (Å²) in [4.78, 5) is 20.4. The minimum Gasteiger partial charge on any atom is -0.437 e. The molecule has 0 aromatic rings. The second-order valence-electron chi connectivity index (χ2n) is 2.42. The zero-order valence-electron chi connectivity index (χ0n) is 7.07. The van der Waals surface area contributed by atoms with Crippen LogP contribution >= 0.6 is 0 Å². The third-order valence-corrected chi connectivity index (χ3v) is 1.11. The molecule has 0 saturated heterocycles. The van der Waals surface area contributed by atoms with Crippen molar-refractivity contribution in [2.75, 3.05) is 0 Å². The first-order valence-electron chi connectivity index (χ1n) is 3.31. The molecule has 3 nitrogen and oxygen atoms in total. The Kier molecular flexibility index (Phi) is 3.72. The van der Waals surface area contributed by atoms with Crippen LogP contribution in [0.2, 0.25) is 0 Å². The Hall–Kier alpha value is -1.28. The molecule has 0 aliphatic rings. The Bertz CT molecular complexity index is 251. The highest BCUT2D eigenvalue weighted by molar-refractivity contribution is 6.32. The van der Waals surface area contributed by atoms with Crippen molar-refractivity contribution in [3.8, 4) is 0 Å². The summed E-state index contributed by atoms with van der Waals surface area (Å²) in [5, 5.41) is 0. The quantitative estimate of drug-likeness (QED) is 0.417. The molecule has 0 amide bonds. The predicted octanol–water partition coefficient (Wildman–Crippen LogP) is 1.61. The lowest BCUT2D eigenvalue weighted by molar-refractivity contribution is -0.312. The van der Waals surface area contributed by atoms with Gasteiger partial charge in [0.15, 0.2) is 0 Å². The standard InChI is InChI=1S/C6H4F6O3/c1-2(13)3(14)15-4(5(7,8)9)6(10,11)12/h4H,1H3. The largest absolute Gasteiger partial charge is 0.437 e. The molecule has 0 aliphatic heterocycles. The Morgan fingerprint density at radius 1 is 1.00 bits per heavy atom. The zero-order chi connectivity index (χ0) is 12.4. The average molecular weight is 238 g/mol. The van der Waals surface area contributed by atoms with Gasteiger partial charge in [0.1, 0.15) is 0 Å². The van der Waals surface area contributed by atoms with Crippen LogP contribution in [0.25, 0.3) is 0 Å². The van der Waals surface area contributed by atoms with E-state index in [9.17, 15) is 35.9 Å². The maximum atomic E-state index is 11.7. The Morgan fingerprint density at radius 2 is 1.33 bits per heavy atom. The van der Waals surface area contributed by atoms with Gasteiger partial charge in [-0.15, -0.1) is 0 Å². The first kappa shape index (κ1) is 13.7. The summed E-state index contributed by atoms with van der Waals surface area (Å²) in [5.41, 5.74) is 0. The molecule has 9 heteroatoms. The number of alkyl halides is 6. The SMILES string of the molecule is CC(=O)C(=O)OC(C(F)(F)F)C(F)(F)F. The van der Waals surface area contributed by atoms with Crippen molar-refractivity contribution >= 4 is 11.8 Å². The molecule has 0 bridgehead atoms. The predicted molar refractivity (Wildman–Crippen MR) is 32.7 cm³/mol. The third-order valence-electron chi connectivity index (χ3n) is 1.11. The summed E-state index contributed by atoms with van der Waals surface area (Å²) in [6, 6.07) is 0. The summed E-state index contributed by atoms with van der Waals surface area (Å²) < 4.78 is 73.4. The van der Waals surface area contributed by atoms with E-state index in [1.807, 2.05) is 0 Å². The van der Waals surface area contributed by atoms with E-state index >= 15 is 0 Å². The fourth-order valence-corrected chi connectivity index (χ4v) is 0.509. The van der Waals surface area contributed by atoms with E-state index in [0.717, 1.165) is 0 Å². The lowest BCUT2D eigenvalue weighted by atomic mass is 10.3. The van der Waals surface area contributed by atoms with Gasteiger partial charge in [-0.3, -0.25) is 4.79 Å². The zero-order valence-corrected chi connectivity index (χ0v) is 7.07. The second kappa shape index (κ2) is 4.07. The van der Waals surface area contributed by atoms with Crippen molar-refractivity contribution in [3.63, 3.8) is 0 Å². The van der Waals surface area contributed by atoms with Crippen molar-refractivity contribution in [1.29, 1.82) is 0 Å². The summed E-state index contributed by atoms with van der Waals surface area (Å²) in [5.74, 6) is -3.73. The molecule has 0 N–H and O–H groups in total. The van der Waals surface area contributed by atoms with E-state index in [1.54, 1.807) is 0 Å². The summed E-state index contributed by atoms with van der Waals surface area (Å²) in [6.07, 6.45) is -15.9. The molecular weight excluding hydrogens is 234 g/mol. The van der Waals surface area contributed by atoms with Gasteiger partial charge in [0.25, 0.3) is 6.10 Å². The van der Waals surface area contributed by atoms with Gasteiger partial charge in [0, 0.05) is 6.92 Å². The lowest BCUT2D eigenvalue weighted by Gasteiger charge is -2.22. The van der Waals surface area contributed by atoms with E-state index in [1.165, 1.54) is 0 Å². The summed E-state index contributed by atoms with van der Waals surface area (Å²) in [6.45, 7) is 0.492. The van der Waals surface area contributed by atoms with E-state index in [-0.39, 0.29) is 0 Å². The van der Waals surface area contributed by atoms with Crippen LogP contribution < -0.4 is 0 Å². The number of esters is 1. The molecule has 0 aliphatic carbocycles. The fourth-order valence-electron chi connectivity index (χ4n) is 0.509. The number of Topliss-reactive ketones (excluding diaryl/α,β-unsaturated/α-hetero) is 1. The van der Waals surface area contributed by atoms with Crippen molar-refractivity contribution in [3.05, 3.63) is 0 Å². The molecular formula is C6H4F6O3. The maximum Gasteiger partial charge on any atom is 0.434 e. The van der Waals surface area contributed by atoms with Gasteiger partial charge in [0.05, 0.1) is 0 Å². The molecule has 88 valence electrons. The normalized spacial score (nSPS) is 12.8. The molecule has 0 fully saturated rings. The molecule has 0 spiro atoms. The number of hydrogen-bond acceptors (Lipinski definition) is 3. The highest BCUT2D eigenvalue weighted by Gasteiger charge is 2.60. The van der Waals surface area contributed by atoms with E-state index < -0.39 is 30.2 Å². The van der Waals surface area contributed by atoms with E-state index in [4.69, 9.17) is 0 Å². The second-order valence-corrected chi connectivity index (χ2v) is 2.42. The van der Waals surface area contributed by atoms with E-state index in [0.29, 0.717) is 6.92 Å². The highest BCUT2D eigenvalue weighted by atomic mass is 19.4. The van der Waals surface area contributed by atoms with Crippen LogP contribution in [-0.4, -0.2) is 30.2 Å². The first-order valence-corrected chi connectivity index (χ1v) is 3.31. The number of hydrogen-bond donors (Lipinski definition) is 0. The lowest BCUT2D eigenvalue weighted by Crippen LogP contribution is -2.46. The maximum absolute atomic E-state index is 11.7. The topological polar surface area (TPSA) is 43.4 Å². The van der Waals surface area contributed by atoms with Crippen LogP contribution in [0.1, 0.15) is 6.92 Å². The Balaban J connectivity index is 4.85. The van der Waals surface area contributed by atoms with Gasteiger partial charge < -0.3 is 4.74 Å².